The number of piperidine rings is 1. The SMILES string of the molecule is NC(=S)Nc1ccccc1NC1CCN(Cc2ccccc2)CC1. The van der Waals surface area contributed by atoms with Crippen molar-refractivity contribution < 1.29 is 0 Å². The van der Waals surface area contributed by atoms with Crippen molar-refractivity contribution in [3.05, 3.63) is 60.2 Å². The Hall–Kier alpha value is -2.11. The molecule has 1 aliphatic heterocycles. The number of hydrogen-bond donors (Lipinski definition) is 3. The molecule has 1 fully saturated rings. The smallest absolute Gasteiger partial charge is 0.168 e. The highest BCUT2D eigenvalue weighted by molar-refractivity contribution is 7.80. The van der Waals surface area contributed by atoms with E-state index < -0.39 is 0 Å². The van der Waals surface area contributed by atoms with Crippen LogP contribution in [0.4, 0.5) is 11.4 Å². The Morgan fingerprint density at radius 1 is 1.00 bits per heavy atom. The molecule has 0 aliphatic carbocycles. The fourth-order valence-electron chi connectivity index (χ4n) is 3.15. The van der Waals surface area contributed by atoms with Crippen molar-refractivity contribution in [1.82, 2.24) is 4.90 Å². The summed E-state index contributed by atoms with van der Waals surface area (Å²) >= 11 is 4.95. The van der Waals surface area contributed by atoms with E-state index in [0.29, 0.717) is 11.2 Å². The fourth-order valence-corrected chi connectivity index (χ4v) is 3.26. The van der Waals surface area contributed by atoms with Crippen LogP contribution >= 0.6 is 12.2 Å². The van der Waals surface area contributed by atoms with E-state index in [1.165, 1.54) is 5.56 Å². The average Bonchev–Trinajstić information content (AvgIpc) is 2.59. The molecule has 4 N–H and O–H groups in total. The Bertz CT molecular complexity index is 666. The molecule has 0 saturated carbocycles. The van der Waals surface area contributed by atoms with Gasteiger partial charge >= 0.3 is 0 Å². The molecule has 0 atom stereocenters. The first-order chi connectivity index (χ1) is 11.7. The lowest BCUT2D eigenvalue weighted by molar-refractivity contribution is 0.211. The van der Waals surface area contributed by atoms with E-state index in [1.54, 1.807) is 0 Å². The maximum atomic E-state index is 5.60. The summed E-state index contributed by atoms with van der Waals surface area (Å²) in [5.41, 5.74) is 8.99. The summed E-state index contributed by atoms with van der Waals surface area (Å²) in [6.45, 7) is 3.25. The lowest BCUT2D eigenvalue weighted by atomic mass is 10.0. The van der Waals surface area contributed by atoms with Crippen molar-refractivity contribution >= 4 is 28.7 Å². The molecule has 1 saturated heterocycles. The molecule has 0 unspecified atom stereocenters. The first-order valence-corrected chi connectivity index (χ1v) is 8.80. The molecule has 24 heavy (non-hydrogen) atoms. The van der Waals surface area contributed by atoms with E-state index >= 15 is 0 Å². The third-order valence-corrected chi connectivity index (χ3v) is 4.48. The van der Waals surface area contributed by atoms with Gasteiger partial charge in [0.05, 0.1) is 11.4 Å². The fraction of sp³-hybridized carbons (Fsp3) is 0.316. The van der Waals surface area contributed by atoms with Gasteiger partial charge in [0.25, 0.3) is 0 Å². The predicted octanol–water partition coefficient (Wildman–Crippen LogP) is 3.42. The minimum Gasteiger partial charge on any atom is -0.381 e. The molecule has 0 bridgehead atoms. The molecule has 1 heterocycles. The van der Waals surface area contributed by atoms with E-state index in [9.17, 15) is 0 Å². The molecule has 2 aromatic carbocycles. The normalized spacial score (nSPS) is 15.8. The molecular weight excluding hydrogens is 316 g/mol. The van der Waals surface area contributed by atoms with Crippen LogP contribution in [0.1, 0.15) is 18.4 Å². The second-order valence-corrected chi connectivity index (χ2v) is 6.66. The van der Waals surface area contributed by atoms with Crippen molar-refractivity contribution in [3.8, 4) is 0 Å². The molecule has 5 heteroatoms. The van der Waals surface area contributed by atoms with E-state index in [0.717, 1.165) is 43.9 Å². The summed E-state index contributed by atoms with van der Waals surface area (Å²) in [4.78, 5) is 2.52. The number of para-hydroxylation sites is 2. The van der Waals surface area contributed by atoms with Gasteiger partial charge in [0.1, 0.15) is 0 Å². The van der Waals surface area contributed by atoms with E-state index in [4.69, 9.17) is 18.0 Å². The topological polar surface area (TPSA) is 53.3 Å². The van der Waals surface area contributed by atoms with Crippen LogP contribution in [0.25, 0.3) is 0 Å². The van der Waals surface area contributed by atoms with Gasteiger partial charge in [-0.25, -0.2) is 0 Å². The average molecular weight is 340 g/mol. The Labute approximate surface area is 149 Å². The summed E-state index contributed by atoms with van der Waals surface area (Å²) in [5, 5.41) is 6.97. The minimum atomic E-state index is 0.293. The number of rotatable bonds is 5. The molecule has 2 aromatic rings. The van der Waals surface area contributed by atoms with Gasteiger partial charge in [-0.3, -0.25) is 4.90 Å². The van der Waals surface area contributed by atoms with Crippen LogP contribution in [0.15, 0.2) is 54.6 Å². The molecule has 0 radical (unpaired) electrons. The minimum absolute atomic E-state index is 0.293. The highest BCUT2D eigenvalue weighted by Gasteiger charge is 2.19. The Balaban J connectivity index is 1.53. The number of likely N-dealkylation sites (tertiary alicyclic amines) is 1. The van der Waals surface area contributed by atoms with Crippen LogP contribution in [0.5, 0.6) is 0 Å². The van der Waals surface area contributed by atoms with Crippen molar-refractivity contribution in [3.63, 3.8) is 0 Å². The zero-order valence-electron chi connectivity index (χ0n) is 13.7. The number of benzene rings is 2. The largest absolute Gasteiger partial charge is 0.381 e. The summed E-state index contributed by atoms with van der Waals surface area (Å²) in [6, 6.07) is 19.2. The lowest BCUT2D eigenvalue weighted by Gasteiger charge is -2.33. The molecule has 0 aromatic heterocycles. The standard InChI is InChI=1S/C19H24N4S/c20-19(24)22-18-9-5-4-8-17(18)21-16-10-12-23(13-11-16)14-15-6-2-1-3-7-15/h1-9,16,21H,10-14H2,(H3,20,22,24). The van der Waals surface area contributed by atoms with Crippen LogP contribution in [0.3, 0.4) is 0 Å². The van der Waals surface area contributed by atoms with Gasteiger partial charge in [-0.05, 0) is 42.8 Å². The van der Waals surface area contributed by atoms with E-state index in [2.05, 4.69) is 51.9 Å². The molecule has 0 amide bonds. The quantitative estimate of drug-likeness (QED) is 0.728. The number of hydrogen-bond acceptors (Lipinski definition) is 3. The number of thiocarbonyl (C=S) groups is 1. The molecule has 3 rings (SSSR count). The van der Waals surface area contributed by atoms with E-state index in [-0.39, 0.29) is 0 Å². The maximum absolute atomic E-state index is 5.60. The molecule has 4 nitrogen and oxygen atoms in total. The second kappa shape index (κ2) is 8.13. The van der Waals surface area contributed by atoms with Crippen molar-refractivity contribution in [2.24, 2.45) is 5.73 Å². The maximum Gasteiger partial charge on any atom is 0.168 e. The van der Waals surface area contributed by atoms with Crippen LogP contribution in [-0.2, 0) is 6.54 Å². The van der Waals surface area contributed by atoms with Crippen molar-refractivity contribution in [2.45, 2.75) is 25.4 Å². The van der Waals surface area contributed by atoms with Gasteiger partial charge in [0.2, 0.25) is 0 Å². The molecule has 0 spiro atoms. The zero-order chi connectivity index (χ0) is 16.8. The van der Waals surface area contributed by atoms with Crippen LogP contribution < -0.4 is 16.4 Å². The summed E-state index contributed by atoms with van der Waals surface area (Å²) < 4.78 is 0. The highest BCUT2D eigenvalue weighted by atomic mass is 32.1. The van der Waals surface area contributed by atoms with Crippen molar-refractivity contribution in [2.75, 3.05) is 23.7 Å². The molecule has 126 valence electrons. The van der Waals surface area contributed by atoms with Gasteiger partial charge in [-0.15, -0.1) is 0 Å². The summed E-state index contributed by atoms with van der Waals surface area (Å²) in [5.74, 6) is 0. The Morgan fingerprint density at radius 3 is 2.29 bits per heavy atom. The second-order valence-electron chi connectivity index (χ2n) is 6.22. The van der Waals surface area contributed by atoms with Gasteiger partial charge in [-0.1, -0.05) is 42.5 Å². The Morgan fingerprint density at radius 2 is 1.62 bits per heavy atom. The highest BCUT2D eigenvalue weighted by Crippen LogP contribution is 2.24. The van der Waals surface area contributed by atoms with Gasteiger partial charge < -0.3 is 16.4 Å². The molecule has 1 aliphatic rings. The van der Waals surface area contributed by atoms with Crippen LogP contribution in [-0.4, -0.2) is 29.1 Å². The Kier molecular flexibility index (Phi) is 5.67. The van der Waals surface area contributed by atoms with Gasteiger partial charge in [-0.2, -0.15) is 0 Å². The zero-order valence-corrected chi connectivity index (χ0v) is 14.6. The van der Waals surface area contributed by atoms with Crippen LogP contribution in [0, 0.1) is 0 Å². The summed E-state index contributed by atoms with van der Waals surface area (Å²) in [7, 11) is 0. The lowest BCUT2D eigenvalue weighted by Crippen LogP contribution is -2.38. The van der Waals surface area contributed by atoms with E-state index in [1.807, 2.05) is 18.2 Å². The monoisotopic (exact) mass is 340 g/mol. The van der Waals surface area contributed by atoms with Crippen LogP contribution in [0.2, 0.25) is 0 Å². The van der Waals surface area contributed by atoms with Gasteiger partial charge in [0, 0.05) is 25.7 Å². The third-order valence-electron chi connectivity index (χ3n) is 4.38. The number of nitrogens with zero attached hydrogens (tertiary/aromatic N) is 1. The predicted molar refractivity (Wildman–Crippen MR) is 105 cm³/mol. The molecular formula is C19H24N4S. The number of nitrogens with one attached hydrogen (secondary N) is 2. The summed E-state index contributed by atoms with van der Waals surface area (Å²) in [6.07, 6.45) is 2.27. The number of anilines is 2. The van der Waals surface area contributed by atoms with Crippen molar-refractivity contribution in [1.29, 1.82) is 0 Å². The number of nitrogens with two attached hydrogens (primary N) is 1. The third kappa shape index (κ3) is 4.69. The first-order valence-electron chi connectivity index (χ1n) is 8.39. The van der Waals surface area contributed by atoms with Gasteiger partial charge in [0.15, 0.2) is 5.11 Å². The first kappa shape index (κ1) is 16.7.